The molecule has 0 heterocycles. The highest BCUT2D eigenvalue weighted by Gasteiger charge is 2.19. The predicted octanol–water partition coefficient (Wildman–Crippen LogP) is 3.40. The van der Waals surface area contributed by atoms with Crippen molar-refractivity contribution in [2.45, 2.75) is 13.3 Å². The molecule has 1 unspecified atom stereocenters. The lowest BCUT2D eigenvalue weighted by Gasteiger charge is -2.25. The number of nitrogens with one attached hydrogen (secondary N) is 1. The molecule has 1 nitrogen and oxygen atoms in total. The first-order chi connectivity index (χ1) is 7.09. The summed E-state index contributed by atoms with van der Waals surface area (Å²) in [7, 11) is 1.98. The van der Waals surface area contributed by atoms with Crippen LogP contribution in [0.25, 0.3) is 0 Å². The third-order valence-electron chi connectivity index (χ3n) is 2.59. The number of benzene rings is 1. The van der Waals surface area contributed by atoms with Crippen LogP contribution in [0.15, 0.2) is 41.4 Å². The molecule has 0 aliphatic heterocycles. The Kier molecular flexibility index (Phi) is 4.55. The summed E-state index contributed by atoms with van der Waals surface area (Å²) in [5.41, 5.74) is 1.47. The highest BCUT2D eigenvalue weighted by atomic mass is 79.9. The van der Waals surface area contributed by atoms with Gasteiger partial charge < -0.3 is 5.32 Å². The molecule has 1 aromatic carbocycles. The van der Waals surface area contributed by atoms with Gasteiger partial charge in [-0.2, -0.15) is 0 Å². The number of hydrogen-bond acceptors (Lipinski definition) is 1. The Hall–Kier alpha value is -0.600. The van der Waals surface area contributed by atoms with E-state index in [0.717, 1.165) is 17.4 Å². The summed E-state index contributed by atoms with van der Waals surface area (Å²) in [6.07, 6.45) is 3.05. The van der Waals surface area contributed by atoms with E-state index in [-0.39, 0.29) is 5.41 Å². The fraction of sp³-hybridized carbons (Fsp3) is 0.385. The molecular formula is C13H18BrN. The van der Waals surface area contributed by atoms with E-state index < -0.39 is 0 Å². The van der Waals surface area contributed by atoms with Crippen molar-refractivity contribution in [3.63, 3.8) is 0 Å². The second kappa shape index (κ2) is 5.47. The third-order valence-corrected chi connectivity index (χ3v) is 3.12. The lowest BCUT2D eigenvalue weighted by atomic mass is 9.84. The van der Waals surface area contributed by atoms with Crippen molar-refractivity contribution in [3.05, 3.63) is 47.0 Å². The van der Waals surface area contributed by atoms with Crippen LogP contribution >= 0.6 is 15.9 Å². The summed E-state index contributed by atoms with van der Waals surface area (Å²) >= 11 is 3.44. The zero-order chi connectivity index (χ0) is 11.3. The van der Waals surface area contributed by atoms with Gasteiger partial charge in [0, 0.05) is 16.4 Å². The van der Waals surface area contributed by atoms with Gasteiger partial charge in [-0.3, -0.25) is 0 Å². The average Bonchev–Trinajstić information content (AvgIpc) is 2.22. The fourth-order valence-corrected chi connectivity index (χ4v) is 1.94. The smallest absolute Gasteiger partial charge is 0.0175 e. The standard InChI is InChI=1S/C13H18BrN/c1-4-13(2,10-15-3)9-11-5-7-12(14)8-6-11/h4-8,15H,1,9-10H2,2-3H3. The van der Waals surface area contributed by atoms with Gasteiger partial charge in [-0.25, -0.2) is 0 Å². The largest absolute Gasteiger partial charge is 0.319 e. The average molecular weight is 268 g/mol. The zero-order valence-corrected chi connectivity index (χ0v) is 11.0. The molecule has 0 saturated heterocycles. The minimum Gasteiger partial charge on any atom is -0.319 e. The monoisotopic (exact) mass is 267 g/mol. The Morgan fingerprint density at radius 1 is 1.40 bits per heavy atom. The van der Waals surface area contributed by atoms with Crippen LogP contribution < -0.4 is 5.32 Å². The van der Waals surface area contributed by atoms with Gasteiger partial charge in [-0.1, -0.05) is 41.1 Å². The molecule has 0 aliphatic carbocycles. The summed E-state index contributed by atoms with van der Waals surface area (Å²) in [5, 5.41) is 3.21. The van der Waals surface area contributed by atoms with E-state index in [1.54, 1.807) is 0 Å². The molecule has 0 aromatic heterocycles. The van der Waals surface area contributed by atoms with Gasteiger partial charge >= 0.3 is 0 Å². The molecule has 0 saturated carbocycles. The Morgan fingerprint density at radius 3 is 2.47 bits per heavy atom. The molecule has 2 heteroatoms. The topological polar surface area (TPSA) is 12.0 Å². The zero-order valence-electron chi connectivity index (χ0n) is 9.39. The first kappa shape index (κ1) is 12.5. The summed E-state index contributed by atoms with van der Waals surface area (Å²) < 4.78 is 1.13. The van der Waals surface area contributed by atoms with E-state index in [1.807, 2.05) is 13.1 Å². The fourth-order valence-electron chi connectivity index (χ4n) is 1.68. The van der Waals surface area contributed by atoms with Gasteiger partial charge in [-0.05, 0) is 31.2 Å². The normalized spacial score (nSPS) is 14.6. The lowest BCUT2D eigenvalue weighted by Crippen LogP contribution is -2.29. The Labute approximate surface area is 101 Å². The molecule has 0 amide bonds. The maximum Gasteiger partial charge on any atom is 0.0175 e. The van der Waals surface area contributed by atoms with Crippen molar-refractivity contribution in [2.24, 2.45) is 5.41 Å². The summed E-state index contributed by atoms with van der Waals surface area (Å²) in [6, 6.07) is 8.47. The SMILES string of the molecule is C=CC(C)(CNC)Cc1ccc(Br)cc1. The van der Waals surface area contributed by atoms with Crippen LogP contribution in [-0.4, -0.2) is 13.6 Å². The van der Waals surface area contributed by atoms with Gasteiger partial charge in [-0.15, -0.1) is 6.58 Å². The molecule has 0 radical (unpaired) electrons. The Balaban J connectivity index is 2.74. The van der Waals surface area contributed by atoms with Crippen LogP contribution in [0.3, 0.4) is 0 Å². The molecule has 82 valence electrons. The van der Waals surface area contributed by atoms with E-state index >= 15 is 0 Å². The quantitative estimate of drug-likeness (QED) is 0.807. The molecular weight excluding hydrogens is 250 g/mol. The minimum atomic E-state index is 0.128. The number of rotatable bonds is 5. The maximum absolute atomic E-state index is 3.92. The van der Waals surface area contributed by atoms with E-state index in [4.69, 9.17) is 0 Å². The van der Waals surface area contributed by atoms with Crippen molar-refractivity contribution in [1.29, 1.82) is 0 Å². The second-order valence-electron chi connectivity index (χ2n) is 4.19. The van der Waals surface area contributed by atoms with Gasteiger partial charge in [0.15, 0.2) is 0 Å². The molecule has 0 spiro atoms. The lowest BCUT2D eigenvalue weighted by molar-refractivity contribution is 0.406. The summed E-state index contributed by atoms with van der Waals surface area (Å²) in [6.45, 7) is 7.09. The Morgan fingerprint density at radius 2 is 2.00 bits per heavy atom. The Bertz CT molecular complexity index is 318. The molecule has 0 aliphatic rings. The van der Waals surface area contributed by atoms with Crippen molar-refractivity contribution >= 4 is 15.9 Å². The highest BCUT2D eigenvalue weighted by Crippen LogP contribution is 2.23. The number of halogens is 1. The first-order valence-electron chi connectivity index (χ1n) is 5.12. The summed E-state index contributed by atoms with van der Waals surface area (Å²) in [5.74, 6) is 0. The number of hydrogen-bond donors (Lipinski definition) is 1. The van der Waals surface area contributed by atoms with Crippen molar-refractivity contribution in [1.82, 2.24) is 5.32 Å². The molecule has 0 bridgehead atoms. The molecule has 15 heavy (non-hydrogen) atoms. The second-order valence-corrected chi connectivity index (χ2v) is 5.11. The maximum atomic E-state index is 3.92. The first-order valence-corrected chi connectivity index (χ1v) is 5.91. The van der Waals surface area contributed by atoms with Gasteiger partial charge in [0.05, 0.1) is 0 Å². The third kappa shape index (κ3) is 3.80. The van der Waals surface area contributed by atoms with E-state index in [0.29, 0.717) is 0 Å². The molecule has 1 N–H and O–H groups in total. The van der Waals surface area contributed by atoms with E-state index in [9.17, 15) is 0 Å². The van der Waals surface area contributed by atoms with Gasteiger partial charge in [0.25, 0.3) is 0 Å². The van der Waals surface area contributed by atoms with Crippen LogP contribution in [0.1, 0.15) is 12.5 Å². The van der Waals surface area contributed by atoms with Crippen LogP contribution in [-0.2, 0) is 6.42 Å². The molecule has 1 atom stereocenters. The van der Waals surface area contributed by atoms with E-state index in [2.05, 4.69) is 59.0 Å². The molecule has 1 rings (SSSR count). The van der Waals surface area contributed by atoms with Crippen LogP contribution in [0.5, 0.6) is 0 Å². The molecule has 0 fully saturated rings. The predicted molar refractivity (Wildman–Crippen MR) is 70.1 cm³/mol. The van der Waals surface area contributed by atoms with Crippen LogP contribution in [0.2, 0.25) is 0 Å². The van der Waals surface area contributed by atoms with Gasteiger partial charge in [0.2, 0.25) is 0 Å². The summed E-state index contributed by atoms with van der Waals surface area (Å²) in [4.78, 5) is 0. The highest BCUT2D eigenvalue weighted by molar-refractivity contribution is 9.10. The van der Waals surface area contributed by atoms with Crippen LogP contribution in [0.4, 0.5) is 0 Å². The van der Waals surface area contributed by atoms with Gasteiger partial charge in [0.1, 0.15) is 0 Å². The van der Waals surface area contributed by atoms with E-state index in [1.165, 1.54) is 5.56 Å². The van der Waals surface area contributed by atoms with Crippen molar-refractivity contribution in [3.8, 4) is 0 Å². The van der Waals surface area contributed by atoms with Crippen molar-refractivity contribution < 1.29 is 0 Å². The van der Waals surface area contributed by atoms with Crippen LogP contribution in [0, 0.1) is 5.41 Å². The molecule has 1 aromatic rings. The minimum absolute atomic E-state index is 0.128. The van der Waals surface area contributed by atoms with Crippen molar-refractivity contribution in [2.75, 3.05) is 13.6 Å².